The van der Waals surface area contributed by atoms with Gasteiger partial charge in [0.2, 0.25) is 0 Å². The van der Waals surface area contributed by atoms with E-state index in [0.717, 1.165) is 83.5 Å². The molecule has 0 aliphatic rings. The standard InChI is InChI=1S/C63H116NO7P/c1-6-8-10-12-14-16-18-20-22-24-26-28-30-32-34-36-38-40-42-44-46-48-50-52-54-56-63(65)71-62(61-70-72(66,67)69-59-57-64(3,4)5)60-68-58-55-53-51-49-47-45-43-41-39-37-35-33-31-29-27-25-23-21-19-17-15-13-11-9-7-2/h8,10,14,16,20,22,26,28,32,34,38,40,62H,6-7,9,11-13,15,17-19,21,23-25,27,29-31,33,35-37,39,41-61H2,1-5H3/p+1/b10-8-,16-14-,22-20-,28-26-,34-32-,40-38-. The minimum absolute atomic E-state index is 0.0837. The minimum Gasteiger partial charge on any atom is -0.457 e. The third kappa shape index (κ3) is 58.8. The van der Waals surface area contributed by atoms with Crippen LogP contribution in [0.15, 0.2) is 72.9 Å². The molecule has 420 valence electrons. The number of phosphoric ester groups is 1. The lowest BCUT2D eigenvalue weighted by Gasteiger charge is -2.24. The number of hydrogen-bond donors (Lipinski definition) is 1. The summed E-state index contributed by atoms with van der Waals surface area (Å²) in [6.07, 6.45) is 74.0. The van der Waals surface area contributed by atoms with Crippen LogP contribution in [0, 0.1) is 0 Å². The third-order valence-corrected chi connectivity index (χ3v) is 14.0. The zero-order valence-electron chi connectivity index (χ0n) is 47.9. The summed E-state index contributed by atoms with van der Waals surface area (Å²) < 4.78 is 35.3. The Kier molecular flexibility index (Phi) is 53.6. The first-order valence-corrected chi connectivity index (χ1v) is 31.7. The molecule has 0 saturated carbocycles. The van der Waals surface area contributed by atoms with Gasteiger partial charge in [-0.2, -0.15) is 0 Å². The summed E-state index contributed by atoms with van der Waals surface area (Å²) in [6, 6.07) is 0. The van der Waals surface area contributed by atoms with Gasteiger partial charge in [-0.25, -0.2) is 4.57 Å². The highest BCUT2D eigenvalue weighted by Gasteiger charge is 2.26. The molecule has 0 bridgehead atoms. The maximum absolute atomic E-state index is 12.8. The fourth-order valence-corrected chi connectivity index (χ4v) is 9.18. The lowest BCUT2D eigenvalue weighted by atomic mass is 10.0. The molecule has 0 fully saturated rings. The highest BCUT2D eigenvalue weighted by atomic mass is 31.2. The number of esters is 1. The second-order valence-corrected chi connectivity index (χ2v) is 22.8. The van der Waals surface area contributed by atoms with Crippen LogP contribution in [0.4, 0.5) is 0 Å². The van der Waals surface area contributed by atoms with Crippen molar-refractivity contribution in [1.29, 1.82) is 0 Å². The molecule has 0 spiro atoms. The van der Waals surface area contributed by atoms with Gasteiger partial charge in [-0.1, -0.05) is 267 Å². The molecular formula is C63H117NO7P+. The number of likely N-dealkylation sites (N-methyl/N-ethyl adjacent to an activating group) is 1. The van der Waals surface area contributed by atoms with Crippen molar-refractivity contribution in [2.75, 3.05) is 54.1 Å². The zero-order valence-corrected chi connectivity index (χ0v) is 48.8. The van der Waals surface area contributed by atoms with E-state index < -0.39 is 13.9 Å². The first-order valence-electron chi connectivity index (χ1n) is 30.2. The molecule has 8 nitrogen and oxygen atoms in total. The second-order valence-electron chi connectivity index (χ2n) is 21.4. The SMILES string of the molecule is CC/C=C\C/C=C\C/C=C\C/C=C\C/C=C\C/C=C\CCCCCCCCC(=O)OC(COCCCCCCCCCCCCCCCCCCCCCCCCCCC)COP(=O)(O)OCC[N+](C)(C)C. The van der Waals surface area contributed by atoms with Crippen molar-refractivity contribution >= 4 is 13.8 Å². The molecule has 0 aliphatic carbocycles. The number of allylic oxidation sites excluding steroid dienone is 12. The topological polar surface area (TPSA) is 91.3 Å². The zero-order chi connectivity index (χ0) is 52.6. The number of quaternary nitrogens is 1. The molecule has 0 aromatic heterocycles. The van der Waals surface area contributed by atoms with Crippen molar-refractivity contribution < 1.29 is 37.3 Å². The predicted molar refractivity (Wildman–Crippen MR) is 312 cm³/mol. The van der Waals surface area contributed by atoms with E-state index in [1.807, 2.05) is 21.1 Å². The van der Waals surface area contributed by atoms with Crippen molar-refractivity contribution in [1.82, 2.24) is 0 Å². The van der Waals surface area contributed by atoms with Crippen LogP contribution in [-0.4, -0.2) is 75.6 Å². The first kappa shape index (κ1) is 69.9. The molecule has 0 aromatic carbocycles. The Balaban J connectivity index is 4.08. The maximum atomic E-state index is 12.8. The van der Waals surface area contributed by atoms with Gasteiger partial charge >= 0.3 is 13.8 Å². The van der Waals surface area contributed by atoms with Gasteiger partial charge in [0, 0.05) is 13.0 Å². The van der Waals surface area contributed by atoms with E-state index in [4.69, 9.17) is 18.5 Å². The van der Waals surface area contributed by atoms with E-state index in [2.05, 4.69) is 86.8 Å². The number of rotatable bonds is 56. The number of unbranched alkanes of at least 4 members (excludes halogenated alkanes) is 30. The summed E-state index contributed by atoms with van der Waals surface area (Å²) in [5.41, 5.74) is 0. The summed E-state index contributed by atoms with van der Waals surface area (Å²) >= 11 is 0. The molecule has 0 saturated heterocycles. The Morgan fingerprint density at radius 1 is 0.444 bits per heavy atom. The molecule has 2 unspecified atom stereocenters. The molecule has 9 heteroatoms. The van der Waals surface area contributed by atoms with Gasteiger partial charge in [-0.3, -0.25) is 13.8 Å². The van der Waals surface area contributed by atoms with Gasteiger partial charge in [0.15, 0.2) is 0 Å². The van der Waals surface area contributed by atoms with Crippen molar-refractivity contribution in [3.8, 4) is 0 Å². The van der Waals surface area contributed by atoms with E-state index in [1.165, 1.54) is 161 Å². The van der Waals surface area contributed by atoms with Crippen molar-refractivity contribution in [2.24, 2.45) is 0 Å². The van der Waals surface area contributed by atoms with Crippen LogP contribution < -0.4 is 0 Å². The number of carbonyl (C=O) groups is 1. The summed E-state index contributed by atoms with van der Waals surface area (Å²) in [7, 11) is 1.66. The molecule has 1 N–H and O–H groups in total. The van der Waals surface area contributed by atoms with Crippen LogP contribution in [0.5, 0.6) is 0 Å². The number of carbonyl (C=O) groups excluding carboxylic acids is 1. The van der Waals surface area contributed by atoms with Gasteiger partial charge < -0.3 is 18.9 Å². The van der Waals surface area contributed by atoms with E-state index in [0.29, 0.717) is 24.1 Å². The van der Waals surface area contributed by atoms with E-state index in [9.17, 15) is 14.3 Å². The lowest BCUT2D eigenvalue weighted by Crippen LogP contribution is -2.37. The van der Waals surface area contributed by atoms with E-state index in [1.54, 1.807) is 0 Å². The van der Waals surface area contributed by atoms with Crippen LogP contribution in [0.25, 0.3) is 0 Å². The van der Waals surface area contributed by atoms with Crippen molar-refractivity contribution in [3.05, 3.63) is 72.9 Å². The quantitative estimate of drug-likeness (QED) is 0.0213. The Bertz CT molecular complexity index is 1380. The van der Waals surface area contributed by atoms with Crippen LogP contribution >= 0.6 is 7.82 Å². The van der Waals surface area contributed by atoms with Crippen LogP contribution in [0.2, 0.25) is 0 Å². The molecule has 2 atom stereocenters. The molecular weight excluding hydrogens is 914 g/mol. The van der Waals surface area contributed by atoms with Gasteiger partial charge in [-0.15, -0.1) is 0 Å². The number of nitrogens with zero attached hydrogens (tertiary/aromatic N) is 1. The lowest BCUT2D eigenvalue weighted by molar-refractivity contribution is -0.870. The van der Waals surface area contributed by atoms with Crippen LogP contribution in [0.3, 0.4) is 0 Å². The van der Waals surface area contributed by atoms with Gasteiger partial charge in [0.05, 0.1) is 34.4 Å². The minimum atomic E-state index is -4.29. The number of ether oxygens (including phenoxy) is 2. The molecule has 0 aliphatic heterocycles. The van der Waals surface area contributed by atoms with Gasteiger partial charge in [0.1, 0.15) is 19.3 Å². The summed E-state index contributed by atoms with van der Waals surface area (Å²) in [5.74, 6) is -0.325. The molecule has 0 aromatic rings. The molecule has 0 radical (unpaired) electrons. The molecule has 0 heterocycles. The average Bonchev–Trinajstić information content (AvgIpc) is 3.34. The molecule has 72 heavy (non-hydrogen) atoms. The molecule has 0 amide bonds. The van der Waals surface area contributed by atoms with Gasteiger partial charge in [-0.05, 0) is 64.2 Å². The van der Waals surface area contributed by atoms with E-state index >= 15 is 0 Å². The summed E-state index contributed by atoms with van der Waals surface area (Å²) in [5, 5.41) is 0. The predicted octanol–water partition coefficient (Wildman–Crippen LogP) is 19.3. The highest BCUT2D eigenvalue weighted by Crippen LogP contribution is 2.43. The number of hydrogen-bond acceptors (Lipinski definition) is 6. The van der Waals surface area contributed by atoms with Gasteiger partial charge in [0.25, 0.3) is 0 Å². The molecule has 0 rings (SSSR count). The second kappa shape index (κ2) is 55.2. The largest absolute Gasteiger partial charge is 0.472 e. The maximum Gasteiger partial charge on any atom is 0.472 e. The van der Waals surface area contributed by atoms with E-state index in [-0.39, 0.29) is 25.8 Å². The van der Waals surface area contributed by atoms with Crippen LogP contribution in [-0.2, 0) is 27.9 Å². The number of phosphoric acid groups is 1. The smallest absolute Gasteiger partial charge is 0.457 e. The highest BCUT2D eigenvalue weighted by molar-refractivity contribution is 7.47. The van der Waals surface area contributed by atoms with Crippen molar-refractivity contribution in [3.63, 3.8) is 0 Å². The summed E-state index contributed by atoms with van der Waals surface area (Å²) in [4.78, 5) is 23.1. The summed E-state index contributed by atoms with van der Waals surface area (Å²) in [6.45, 7) is 5.53. The monoisotopic (exact) mass is 1030 g/mol. The Labute approximate surface area is 446 Å². The Morgan fingerprint density at radius 2 is 0.806 bits per heavy atom. The van der Waals surface area contributed by atoms with Crippen molar-refractivity contribution in [2.45, 2.75) is 270 Å². The fraction of sp³-hybridized carbons (Fsp3) is 0.794. The fourth-order valence-electron chi connectivity index (χ4n) is 8.44. The van der Waals surface area contributed by atoms with Crippen LogP contribution in [0.1, 0.15) is 264 Å². The normalized spacial score (nSPS) is 13.9. The third-order valence-electron chi connectivity index (χ3n) is 13.0. The Morgan fingerprint density at radius 3 is 1.21 bits per heavy atom. The first-order chi connectivity index (χ1) is 35.1. The Hall–Kier alpha value is -2.06. The average molecular weight is 1030 g/mol.